The second-order valence-corrected chi connectivity index (χ2v) is 8.01. The first-order chi connectivity index (χ1) is 10.2. The fraction of sp³-hybridized carbons (Fsp3) is 0.941. The maximum absolute atomic E-state index is 11.7. The summed E-state index contributed by atoms with van der Waals surface area (Å²) < 4.78 is 5.28. The van der Waals surface area contributed by atoms with Gasteiger partial charge in [-0.2, -0.15) is 0 Å². The van der Waals surface area contributed by atoms with Crippen LogP contribution in [0.5, 0.6) is 0 Å². The largest absolute Gasteiger partial charge is 0.444 e. The molecule has 0 aromatic heterocycles. The normalized spacial score (nSPS) is 30.1. The van der Waals surface area contributed by atoms with Gasteiger partial charge in [0.1, 0.15) is 5.60 Å². The molecule has 0 radical (unpaired) electrons. The highest BCUT2D eigenvalue weighted by molar-refractivity contribution is 5.67. The highest BCUT2D eigenvalue weighted by atomic mass is 16.6. The van der Waals surface area contributed by atoms with Crippen molar-refractivity contribution in [3.63, 3.8) is 0 Å². The highest BCUT2D eigenvalue weighted by Crippen LogP contribution is 2.34. The van der Waals surface area contributed by atoms with Crippen LogP contribution < -0.4 is 10.6 Å². The molecule has 0 aromatic carbocycles. The zero-order valence-corrected chi connectivity index (χ0v) is 14.8. The summed E-state index contributed by atoms with van der Waals surface area (Å²) in [7, 11) is 2.27. The molecule has 2 saturated heterocycles. The number of amides is 1. The first-order valence-electron chi connectivity index (χ1n) is 8.69. The van der Waals surface area contributed by atoms with E-state index in [-0.39, 0.29) is 12.1 Å². The Morgan fingerprint density at radius 3 is 2.41 bits per heavy atom. The number of carbonyl (C=O) groups is 1. The molecule has 0 spiro atoms. The molecule has 2 rings (SSSR count). The van der Waals surface area contributed by atoms with Crippen LogP contribution in [0.3, 0.4) is 0 Å². The quantitative estimate of drug-likeness (QED) is 0.819. The number of carbonyl (C=O) groups excluding carboxylic acids is 1. The van der Waals surface area contributed by atoms with E-state index in [0.717, 1.165) is 25.0 Å². The predicted molar refractivity (Wildman–Crippen MR) is 89.0 cm³/mol. The molecule has 22 heavy (non-hydrogen) atoms. The Labute approximate surface area is 135 Å². The van der Waals surface area contributed by atoms with Gasteiger partial charge in [-0.3, -0.25) is 0 Å². The number of hydrogen-bond donors (Lipinski definition) is 2. The van der Waals surface area contributed by atoms with Crippen molar-refractivity contribution in [1.82, 2.24) is 15.5 Å². The van der Waals surface area contributed by atoms with Gasteiger partial charge < -0.3 is 20.3 Å². The number of alkyl carbamates (subject to hydrolysis) is 1. The number of ether oxygens (including phenoxy) is 1. The molecule has 3 unspecified atom stereocenters. The lowest BCUT2D eigenvalue weighted by Gasteiger charge is -2.36. The van der Waals surface area contributed by atoms with Gasteiger partial charge >= 0.3 is 6.09 Å². The summed E-state index contributed by atoms with van der Waals surface area (Å²) in [5.74, 6) is 0. The first kappa shape index (κ1) is 17.5. The second kappa shape index (κ2) is 7.18. The molecule has 0 aliphatic carbocycles. The summed E-state index contributed by atoms with van der Waals surface area (Å²) in [5, 5.41) is 6.58. The van der Waals surface area contributed by atoms with E-state index in [1.807, 2.05) is 27.7 Å². The first-order valence-corrected chi connectivity index (χ1v) is 8.69. The van der Waals surface area contributed by atoms with Crippen molar-refractivity contribution < 1.29 is 9.53 Å². The van der Waals surface area contributed by atoms with E-state index in [1.165, 1.54) is 25.7 Å². The third kappa shape index (κ3) is 5.13. The topological polar surface area (TPSA) is 53.6 Å². The van der Waals surface area contributed by atoms with Gasteiger partial charge in [0, 0.05) is 24.2 Å². The van der Waals surface area contributed by atoms with Crippen molar-refractivity contribution in [1.29, 1.82) is 0 Å². The Hall–Kier alpha value is -0.810. The van der Waals surface area contributed by atoms with Crippen LogP contribution in [0.1, 0.15) is 59.8 Å². The van der Waals surface area contributed by atoms with Crippen molar-refractivity contribution in [2.24, 2.45) is 0 Å². The van der Waals surface area contributed by atoms with Crippen LogP contribution >= 0.6 is 0 Å². The van der Waals surface area contributed by atoms with E-state index in [1.54, 1.807) is 0 Å². The maximum Gasteiger partial charge on any atom is 0.407 e. The predicted octanol–water partition coefficient (Wildman–Crippen LogP) is 2.50. The van der Waals surface area contributed by atoms with Crippen LogP contribution in [0.4, 0.5) is 4.79 Å². The molecule has 2 bridgehead atoms. The molecule has 3 atom stereocenters. The van der Waals surface area contributed by atoms with Crippen molar-refractivity contribution in [3.8, 4) is 0 Å². The van der Waals surface area contributed by atoms with E-state index in [9.17, 15) is 4.79 Å². The van der Waals surface area contributed by atoms with Gasteiger partial charge in [0.05, 0.1) is 0 Å². The minimum atomic E-state index is -0.435. The third-order valence-corrected chi connectivity index (χ3v) is 4.87. The van der Waals surface area contributed by atoms with Crippen molar-refractivity contribution >= 4 is 6.09 Å². The van der Waals surface area contributed by atoms with Crippen LogP contribution in [0.15, 0.2) is 0 Å². The number of nitrogens with zero attached hydrogens (tertiary/aromatic N) is 1. The Kier molecular flexibility index (Phi) is 5.72. The van der Waals surface area contributed by atoms with Crippen LogP contribution in [-0.4, -0.2) is 54.4 Å². The van der Waals surface area contributed by atoms with Gasteiger partial charge in [0.15, 0.2) is 0 Å². The minimum absolute atomic E-state index is 0.130. The molecule has 5 heteroatoms. The van der Waals surface area contributed by atoms with Crippen molar-refractivity contribution in [2.75, 3.05) is 13.6 Å². The standard InChI is InChI=1S/C17H33N3O2/c1-12(19-16(21)22-17(2,3)4)8-9-18-13-10-14-6-7-15(11-13)20(14)5/h12-15,18H,6-11H2,1-5H3,(H,19,21). The summed E-state index contributed by atoms with van der Waals surface area (Å²) in [6.45, 7) is 8.63. The molecule has 5 nitrogen and oxygen atoms in total. The summed E-state index contributed by atoms with van der Waals surface area (Å²) in [6.07, 6.45) is 5.85. The van der Waals surface area contributed by atoms with E-state index < -0.39 is 5.60 Å². The second-order valence-electron chi connectivity index (χ2n) is 8.01. The molecule has 1 amide bonds. The van der Waals surface area contributed by atoms with Gasteiger partial charge in [-0.25, -0.2) is 4.79 Å². The number of rotatable bonds is 5. The van der Waals surface area contributed by atoms with Gasteiger partial charge in [-0.1, -0.05) is 0 Å². The molecule has 2 fully saturated rings. The number of fused-ring (bicyclic) bond motifs is 2. The summed E-state index contributed by atoms with van der Waals surface area (Å²) in [6, 6.07) is 2.31. The Morgan fingerprint density at radius 1 is 1.27 bits per heavy atom. The summed E-state index contributed by atoms with van der Waals surface area (Å²) in [4.78, 5) is 14.3. The molecule has 128 valence electrons. The molecule has 0 aromatic rings. The maximum atomic E-state index is 11.7. The number of hydrogen-bond acceptors (Lipinski definition) is 4. The monoisotopic (exact) mass is 311 g/mol. The lowest BCUT2D eigenvalue weighted by molar-refractivity contribution is 0.0506. The number of nitrogens with one attached hydrogen (secondary N) is 2. The molecule has 2 aliphatic heterocycles. The SMILES string of the molecule is CC(CCNC1CC2CCC(C1)N2C)NC(=O)OC(C)(C)C. The molecular weight excluding hydrogens is 278 g/mol. The van der Waals surface area contributed by atoms with Crippen LogP contribution in [0.2, 0.25) is 0 Å². The summed E-state index contributed by atoms with van der Waals surface area (Å²) >= 11 is 0. The molecule has 2 heterocycles. The lowest BCUT2D eigenvalue weighted by Crippen LogP contribution is -2.48. The molecule has 0 saturated carbocycles. The van der Waals surface area contributed by atoms with Crippen molar-refractivity contribution in [2.45, 2.75) is 89.6 Å². The number of piperidine rings is 1. The zero-order chi connectivity index (χ0) is 16.3. The fourth-order valence-corrected chi connectivity index (χ4v) is 3.66. The minimum Gasteiger partial charge on any atom is -0.444 e. The van der Waals surface area contributed by atoms with Crippen LogP contribution in [0.25, 0.3) is 0 Å². The van der Waals surface area contributed by atoms with E-state index >= 15 is 0 Å². The van der Waals surface area contributed by atoms with Crippen LogP contribution in [-0.2, 0) is 4.74 Å². The Balaban J connectivity index is 1.61. The smallest absolute Gasteiger partial charge is 0.407 e. The van der Waals surface area contributed by atoms with Gasteiger partial charge in [-0.15, -0.1) is 0 Å². The average molecular weight is 311 g/mol. The highest BCUT2D eigenvalue weighted by Gasteiger charge is 2.37. The lowest BCUT2D eigenvalue weighted by atomic mass is 9.98. The van der Waals surface area contributed by atoms with E-state index in [2.05, 4.69) is 22.6 Å². The van der Waals surface area contributed by atoms with Gasteiger partial charge in [0.25, 0.3) is 0 Å². The molecule has 2 aliphatic rings. The Bertz CT molecular complexity index is 367. The van der Waals surface area contributed by atoms with Crippen molar-refractivity contribution in [3.05, 3.63) is 0 Å². The van der Waals surface area contributed by atoms with Crippen LogP contribution in [0, 0.1) is 0 Å². The van der Waals surface area contributed by atoms with E-state index in [0.29, 0.717) is 6.04 Å². The molecular formula is C17H33N3O2. The van der Waals surface area contributed by atoms with E-state index in [4.69, 9.17) is 4.74 Å². The zero-order valence-electron chi connectivity index (χ0n) is 14.8. The Morgan fingerprint density at radius 2 is 1.86 bits per heavy atom. The fourth-order valence-electron chi connectivity index (χ4n) is 3.66. The van der Waals surface area contributed by atoms with Gasteiger partial charge in [-0.05, 0) is 73.4 Å². The molecule has 2 N–H and O–H groups in total. The summed E-state index contributed by atoms with van der Waals surface area (Å²) in [5.41, 5.74) is -0.435. The van der Waals surface area contributed by atoms with Gasteiger partial charge in [0.2, 0.25) is 0 Å². The average Bonchev–Trinajstić information content (AvgIpc) is 2.59. The third-order valence-electron chi connectivity index (χ3n) is 4.87.